The van der Waals surface area contributed by atoms with E-state index < -0.39 is 13.0 Å². The number of benzene rings is 1. The number of aryl methyl sites for hydroxylation is 2. The van der Waals surface area contributed by atoms with E-state index in [1.807, 2.05) is 42.7 Å². The number of aldehydes is 1. The maximum absolute atomic E-state index is 13.3. The normalized spacial score (nSPS) is 10.3. The van der Waals surface area contributed by atoms with E-state index in [2.05, 4.69) is 68.2 Å². The molecule has 6 aromatic heterocycles. The Hall–Kier alpha value is -5.76. The van der Waals surface area contributed by atoms with Crippen molar-refractivity contribution in [2.24, 2.45) is 0 Å². The number of hydrogen-bond donors (Lipinski definition) is 2. The third kappa shape index (κ3) is 11.9. The number of halogens is 6. The van der Waals surface area contributed by atoms with Crippen LogP contribution in [0.25, 0.3) is 21.8 Å². The number of fused-ring (bicyclic) bond motifs is 2. The maximum Gasteiger partial charge on any atom is 0.253 e. The van der Waals surface area contributed by atoms with Gasteiger partial charge in [-0.05, 0) is 92.7 Å². The molecule has 57 heavy (non-hydrogen) atoms. The van der Waals surface area contributed by atoms with Crippen molar-refractivity contribution in [2.75, 3.05) is 12.9 Å². The molecular formula is C40H35Br2ClF3N9O2. The van der Waals surface area contributed by atoms with Crippen LogP contribution in [0.4, 0.5) is 19.0 Å². The van der Waals surface area contributed by atoms with Crippen molar-refractivity contribution in [1.82, 2.24) is 34.8 Å². The summed E-state index contributed by atoms with van der Waals surface area (Å²) in [6.07, 6.45) is 12.0. The number of rotatable bonds is 6. The SMILES string of the molecule is C.Cc1cc(N)nc(C)c1CNC(=O)c1cn(Cc2ccc3ncc(Cl)cc3c2)c2cncc(C#N)c12.Fc1cncc(Br)c1.O=Cc1c(F)cncc1Br.[2H]CF. The zero-order chi connectivity index (χ0) is 41.6. The van der Waals surface area contributed by atoms with E-state index in [-0.39, 0.29) is 24.7 Å². The number of hydrogen-bond acceptors (Lipinski definition) is 9. The first-order valence-corrected chi connectivity index (χ1v) is 18.0. The number of aromatic nitrogens is 6. The lowest BCUT2D eigenvalue weighted by Gasteiger charge is -2.11. The van der Waals surface area contributed by atoms with Gasteiger partial charge in [0.05, 0.1) is 59.9 Å². The Morgan fingerprint density at radius 2 is 1.77 bits per heavy atom. The first kappa shape index (κ1) is 44.0. The number of anilines is 1. The van der Waals surface area contributed by atoms with Crippen LogP contribution in [0.1, 0.15) is 57.5 Å². The minimum Gasteiger partial charge on any atom is -0.384 e. The third-order valence-electron chi connectivity index (χ3n) is 7.90. The standard InChI is InChI=1S/C27H22ClN7O.C6H3BrFNO.C5H3BrFN.CH3F.CH4/c1-15-5-25(30)34-16(2)21(15)11-33-27(36)22-14-35(24-12-31-9-19(8-29)26(22)24)13-17-3-4-23-18(6-17)7-20(28)10-32-23;7-5-1-9-2-6(8)4(5)3-10;6-4-1-5(7)3-8-2-4;1-2;/h3-7,9-10,12,14H,11,13H2,1-2H3,(H2,30,34)(H,33,36);1-3H;1-3H;1H3;1H4/i;;;1D;. The second-order valence-electron chi connectivity index (χ2n) is 11.6. The zero-order valence-corrected chi connectivity index (χ0v) is 33.5. The first-order valence-electron chi connectivity index (χ1n) is 16.8. The highest BCUT2D eigenvalue weighted by atomic mass is 79.9. The highest BCUT2D eigenvalue weighted by Crippen LogP contribution is 2.27. The number of nitrogens with zero attached hydrogens (tertiary/aromatic N) is 7. The molecule has 11 nitrogen and oxygen atoms in total. The molecule has 7 aromatic rings. The van der Waals surface area contributed by atoms with Gasteiger partial charge < -0.3 is 15.6 Å². The Kier molecular flexibility index (Phi) is 16.6. The van der Waals surface area contributed by atoms with Gasteiger partial charge in [-0.25, -0.2) is 13.8 Å². The van der Waals surface area contributed by atoms with Gasteiger partial charge in [0.1, 0.15) is 17.7 Å². The van der Waals surface area contributed by atoms with Gasteiger partial charge in [-0.15, -0.1) is 0 Å². The molecule has 17 heteroatoms. The molecule has 294 valence electrons. The molecular weight excluding hydrogens is 891 g/mol. The van der Waals surface area contributed by atoms with Crippen LogP contribution < -0.4 is 11.1 Å². The van der Waals surface area contributed by atoms with Crippen molar-refractivity contribution in [3.63, 3.8) is 0 Å². The second-order valence-corrected chi connectivity index (χ2v) is 13.8. The molecule has 0 spiro atoms. The molecule has 0 atom stereocenters. The van der Waals surface area contributed by atoms with E-state index >= 15 is 0 Å². The highest BCUT2D eigenvalue weighted by molar-refractivity contribution is 9.10. The van der Waals surface area contributed by atoms with Crippen molar-refractivity contribution >= 4 is 83.3 Å². The van der Waals surface area contributed by atoms with E-state index in [9.17, 15) is 28.0 Å². The lowest BCUT2D eigenvalue weighted by molar-refractivity contribution is 0.0952. The quantitative estimate of drug-likeness (QED) is 0.155. The molecule has 0 fully saturated rings. The van der Waals surface area contributed by atoms with Gasteiger partial charge in [0.15, 0.2) is 12.1 Å². The van der Waals surface area contributed by atoms with Crippen LogP contribution in [0, 0.1) is 36.8 Å². The predicted octanol–water partition coefficient (Wildman–Crippen LogP) is 9.68. The topological polar surface area (TPSA) is 165 Å². The molecule has 0 unspecified atom stereocenters. The number of nitrogens with two attached hydrogens (primary N) is 1. The van der Waals surface area contributed by atoms with Crippen LogP contribution in [-0.4, -0.2) is 48.8 Å². The van der Waals surface area contributed by atoms with Gasteiger partial charge in [-0.2, -0.15) is 5.26 Å². The Morgan fingerprint density at radius 1 is 1.05 bits per heavy atom. The molecule has 0 aliphatic rings. The number of alkyl halides is 1. The van der Waals surface area contributed by atoms with E-state index in [0.717, 1.165) is 45.7 Å². The van der Waals surface area contributed by atoms with E-state index in [1.54, 1.807) is 24.7 Å². The molecule has 0 bridgehead atoms. The van der Waals surface area contributed by atoms with Crippen LogP contribution >= 0.6 is 43.5 Å². The van der Waals surface area contributed by atoms with Gasteiger partial charge in [0, 0.05) is 69.5 Å². The molecule has 0 saturated carbocycles. The minimum absolute atomic E-state index is 0. The second kappa shape index (κ2) is 21.5. The Balaban J connectivity index is 0.000000333. The molecule has 1 amide bonds. The minimum atomic E-state index is -1.00. The van der Waals surface area contributed by atoms with Gasteiger partial charge in [0.2, 0.25) is 0 Å². The third-order valence-corrected chi connectivity index (χ3v) is 9.17. The number of pyridine rings is 5. The van der Waals surface area contributed by atoms with E-state index in [4.69, 9.17) is 18.7 Å². The number of nitriles is 1. The molecule has 7 rings (SSSR count). The molecule has 0 aliphatic heterocycles. The summed E-state index contributed by atoms with van der Waals surface area (Å²) in [6, 6.07) is 13.1. The van der Waals surface area contributed by atoms with Crippen molar-refractivity contribution in [3.8, 4) is 6.07 Å². The highest BCUT2D eigenvalue weighted by Gasteiger charge is 2.20. The Morgan fingerprint density at radius 3 is 2.39 bits per heavy atom. The lowest BCUT2D eigenvalue weighted by atomic mass is 10.1. The number of nitrogen functional groups attached to an aromatic ring is 1. The average Bonchev–Trinajstić information content (AvgIpc) is 3.53. The predicted molar refractivity (Wildman–Crippen MR) is 223 cm³/mol. The van der Waals surface area contributed by atoms with Crippen molar-refractivity contribution < 1.29 is 24.1 Å². The van der Waals surface area contributed by atoms with Crippen LogP contribution in [0.2, 0.25) is 5.02 Å². The molecule has 3 N–H and O–H groups in total. The van der Waals surface area contributed by atoms with E-state index in [0.29, 0.717) is 61.2 Å². The fraction of sp³-hybridized carbons (Fsp3) is 0.150. The summed E-state index contributed by atoms with van der Waals surface area (Å²) < 4.78 is 43.1. The van der Waals surface area contributed by atoms with Crippen LogP contribution in [0.3, 0.4) is 0 Å². The Labute approximate surface area is 349 Å². The lowest BCUT2D eigenvalue weighted by Crippen LogP contribution is -2.24. The Bertz CT molecular complexity index is 2530. The number of amides is 1. The van der Waals surface area contributed by atoms with Gasteiger partial charge in [0.25, 0.3) is 5.91 Å². The van der Waals surface area contributed by atoms with Crippen LogP contribution in [0.5, 0.6) is 0 Å². The fourth-order valence-electron chi connectivity index (χ4n) is 5.42. The fourth-order valence-corrected chi connectivity index (χ4v) is 6.32. The monoisotopic (exact) mass is 924 g/mol. The number of nitrogens with one attached hydrogen (secondary N) is 1. The largest absolute Gasteiger partial charge is 0.384 e. The summed E-state index contributed by atoms with van der Waals surface area (Å²) >= 11 is 12.2. The molecule has 6 heterocycles. The van der Waals surface area contributed by atoms with Gasteiger partial charge in [-0.1, -0.05) is 25.1 Å². The number of carbonyl (C=O) groups is 2. The summed E-state index contributed by atoms with van der Waals surface area (Å²) in [5.41, 5.74) is 11.8. The summed E-state index contributed by atoms with van der Waals surface area (Å²) in [5.74, 6) is -0.767. The molecule has 1 aromatic carbocycles. The molecule has 0 saturated heterocycles. The molecule has 0 radical (unpaired) electrons. The van der Waals surface area contributed by atoms with Crippen molar-refractivity contribution in [1.29, 1.82) is 5.26 Å². The van der Waals surface area contributed by atoms with Crippen LogP contribution in [0.15, 0.2) is 94.9 Å². The smallest absolute Gasteiger partial charge is 0.253 e. The summed E-state index contributed by atoms with van der Waals surface area (Å²) in [6.45, 7) is 4.57. The summed E-state index contributed by atoms with van der Waals surface area (Å²) in [5, 5.41) is 14.8. The maximum atomic E-state index is 13.3. The van der Waals surface area contributed by atoms with Crippen LogP contribution in [-0.2, 0) is 13.1 Å². The van der Waals surface area contributed by atoms with E-state index in [1.165, 1.54) is 24.7 Å². The average molecular weight is 927 g/mol. The summed E-state index contributed by atoms with van der Waals surface area (Å²) in [7, 11) is -1.00. The van der Waals surface area contributed by atoms with Crippen molar-refractivity contribution in [2.45, 2.75) is 34.4 Å². The van der Waals surface area contributed by atoms with Gasteiger partial charge in [-0.3, -0.25) is 33.9 Å². The molecule has 0 aliphatic carbocycles. The first-order chi connectivity index (χ1) is 27.3. The van der Waals surface area contributed by atoms with Gasteiger partial charge >= 0.3 is 0 Å². The summed E-state index contributed by atoms with van der Waals surface area (Å²) in [4.78, 5) is 43.4. The zero-order valence-electron chi connectivity index (χ0n) is 30.6. The number of carbonyl (C=O) groups excluding carboxylic acids is 2. The van der Waals surface area contributed by atoms with Crippen molar-refractivity contribution in [3.05, 3.63) is 151 Å².